The zero-order chi connectivity index (χ0) is 54.8. The number of unbranched alkanes of at least 4 members (excludes halogenated alkanes) is 16. The fourth-order valence-electron chi connectivity index (χ4n) is 11.4. The largest absolute Gasteiger partial charge is 0.508 e. The second kappa shape index (κ2) is 32.7. The van der Waals surface area contributed by atoms with Gasteiger partial charge >= 0.3 is 0 Å². The Labute approximate surface area is 467 Å². The molecule has 4 atom stereocenters. The van der Waals surface area contributed by atoms with E-state index in [1.807, 2.05) is 29.6 Å². The molecule has 4 aromatic carbocycles. The van der Waals surface area contributed by atoms with Crippen molar-refractivity contribution in [3.8, 4) is 23.9 Å². The predicted molar refractivity (Wildman–Crippen MR) is 317 cm³/mol. The van der Waals surface area contributed by atoms with Crippen LogP contribution < -0.4 is 0 Å². The van der Waals surface area contributed by atoms with Gasteiger partial charge in [-0.05, 0) is 117 Å². The number of aryl methyl sites for hydroxylation is 2. The predicted octanol–water partition coefficient (Wildman–Crippen LogP) is 17.7. The highest BCUT2D eigenvalue weighted by Gasteiger charge is 2.42. The molecule has 2 aliphatic rings. The molecule has 0 bridgehead atoms. The molecule has 0 aromatic heterocycles. The highest BCUT2D eigenvalue weighted by molar-refractivity contribution is 7.99. The van der Waals surface area contributed by atoms with E-state index in [-0.39, 0.29) is 22.6 Å². The fourth-order valence-corrected chi connectivity index (χ4v) is 14.3. The fraction of sp³-hybridized carbons (Fsp3) is 0.576. The van der Waals surface area contributed by atoms with Crippen molar-refractivity contribution in [1.82, 2.24) is 9.80 Å². The third-order valence-electron chi connectivity index (χ3n) is 16.3. The average molecular weight is 1070 g/mol. The summed E-state index contributed by atoms with van der Waals surface area (Å²) in [7, 11) is 0. The summed E-state index contributed by atoms with van der Waals surface area (Å²) in [6.07, 6.45) is 29.5. The van der Waals surface area contributed by atoms with E-state index < -0.39 is 0 Å². The average Bonchev–Trinajstić information content (AvgIpc) is 3.42. The van der Waals surface area contributed by atoms with Crippen molar-refractivity contribution in [2.45, 2.75) is 228 Å². The lowest BCUT2D eigenvalue weighted by atomic mass is 9.67. The topological polar surface area (TPSA) is 129 Å². The van der Waals surface area contributed by atoms with Crippen LogP contribution in [0, 0.1) is 36.8 Å². The van der Waals surface area contributed by atoms with Crippen LogP contribution in [0.4, 0.5) is 0 Å². The van der Waals surface area contributed by atoms with Crippen molar-refractivity contribution in [3.05, 3.63) is 118 Å². The van der Waals surface area contributed by atoms with Gasteiger partial charge in [-0.15, -0.1) is 23.5 Å². The van der Waals surface area contributed by atoms with E-state index in [0.717, 1.165) is 95.0 Å². The first-order valence-corrected chi connectivity index (χ1v) is 31.2. The summed E-state index contributed by atoms with van der Waals surface area (Å²) in [6.45, 7) is 14.6. The number of rotatable bonds is 30. The quantitative estimate of drug-likeness (QED) is 0.0300. The highest BCUT2D eigenvalue weighted by Crippen LogP contribution is 2.54. The number of benzene rings is 4. The Morgan fingerprint density at radius 2 is 0.895 bits per heavy atom. The summed E-state index contributed by atoms with van der Waals surface area (Å²) < 4.78 is 0. The minimum atomic E-state index is -0.0388. The molecule has 0 spiro atoms. The molecule has 0 fully saturated rings. The molecule has 0 aliphatic carbocycles. The Kier molecular flexibility index (Phi) is 26.7. The van der Waals surface area contributed by atoms with Crippen LogP contribution in [0.5, 0.6) is 11.5 Å². The van der Waals surface area contributed by atoms with Gasteiger partial charge in [-0.1, -0.05) is 196 Å². The van der Waals surface area contributed by atoms with E-state index in [9.17, 15) is 30.3 Å². The number of carbonyl (C=O) groups is 2. The van der Waals surface area contributed by atoms with E-state index in [0.29, 0.717) is 49.3 Å². The van der Waals surface area contributed by atoms with Crippen molar-refractivity contribution in [1.29, 1.82) is 10.5 Å². The molecule has 2 amide bonds. The van der Waals surface area contributed by atoms with Crippen molar-refractivity contribution in [2.24, 2.45) is 0 Å². The van der Waals surface area contributed by atoms with Crippen LogP contribution in [0.3, 0.4) is 0 Å². The van der Waals surface area contributed by atoms with Crippen LogP contribution in [-0.2, 0) is 20.4 Å². The number of amides is 2. The third kappa shape index (κ3) is 18.6. The normalized spacial score (nSPS) is 18.5. The van der Waals surface area contributed by atoms with Crippen LogP contribution in [-0.4, -0.2) is 56.4 Å². The molecule has 2 aliphatic heterocycles. The molecule has 0 saturated heterocycles. The molecule has 6 rings (SSSR count). The van der Waals surface area contributed by atoms with Gasteiger partial charge in [-0.2, -0.15) is 10.5 Å². The number of thioether (sulfide) groups is 2. The van der Waals surface area contributed by atoms with Crippen LogP contribution in [0.25, 0.3) is 0 Å². The second-order valence-corrected chi connectivity index (χ2v) is 24.5. The van der Waals surface area contributed by atoms with E-state index in [1.165, 1.54) is 105 Å². The molecule has 0 saturated carbocycles. The van der Waals surface area contributed by atoms with E-state index in [4.69, 9.17) is 0 Å². The van der Waals surface area contributed by atoms with Gasteiger partial charge in [0.25, 0.3) is 0 Å². The van der Waals surface area contributed by atoms with Gasteiger partial charge in [-0.3, -0.25) is 9.59 Å². The van der Waals surface area contributed by atoms with Crippen molar-refractivity contribution < 1.29 is 19.8 Å². The first-order valence-electron chi connectivity index (χ1n) is 29.2. The lowest BCUT2D eigenvalue weighted by Crippen LogP contribution is -2.36. The van der Waals surface area contributed by atoms with Gasteiger partial charge < -0.3 is 10.2 Å². The molecule has 2 N–H and O–H groups in total. The second-order valence-electron chi connectivity index (χ2n) is 22.4. The Bertz CT molecular complexity index is 2290. The zero-order valence-electron chi connectivity index (χ0n) is 47.4. The molecule has 10 heteroatoms. The number of phenols is 2. The van der Waals surface area contributed by atoms with Crippen LogP contribution >= 0.6 is 23.5 Å². The van der Waals surface area contributed by atoms with Gasteiger partial charge in [0, 0.05) is 58.1 Å². The summed E-state index contributed by atoms with van der Waals surface area (Å²) in [5.74, 6) is 3.57. The summed E-state index contributed by atoms with van der Waals surface area (Å²) >= 11 is 3.84. The number of phenolic OH excluding ortho intramolecular Hbond substituents is 2. The first kappa shape index (κ1) is 61.9. The van der Waals surface area contributed by atoms with Crippen LogP contribution in [0.1, 0.15) is 227 Å². The lowest BCUT2D eigenvalue weighted by Gasteiger charge is -2.43. The van der Waals surface area contributed by atoms with Crippen LogP contribution in [0.15, 0.2) is 94.7 Å². The Morgan fingerprint density at radius 1 is 0.513 bits per heavy atom. The third-order valence-corrected chi connectivity index (χ3v) is 19.1. The Hall–Kier alpha value is -4.90. The van der Waals surface area contributed by atoms with Crippen LogP contribution in [0.2, 0.25) is 0 Å². The van der Waals surface area contributed by atoms with Crippen molar-refractivity contribution in [3.63, 3.8) is 0 Å². The lowest BCUT2D eigenvalue weighted by molar-refractivity contribution is -0.129. The summed E-state index contributed by atoms with van der Waals surface area (Å²) in [6, 6.07) is 29.8. The summed E-state index contributed by atoms with van der Waals surface area (Å²) in [5.41, 5.74) is 8.38. The minimum absolute atomic E-state index is 0.00330. The molecular formula is C66H92N4O4S2. The first-order chi connectivity index (χ1) is 36.8. The molecule has 4 unspecified atom stereocenters. The number of hydrogen-bond donors (Lipinski definition) is 2. The zero-order valence-corrected chi connectivity index (χ0v) is 49.0. The smallest absolute Gasteiger partial charge is 0.235 e. The molecule has 8 nitrogen and oxygen atoms in total. The van der Waals surface area contributed by atoms with Gasteiger partial charge in [0.1, 0.15) is 11.5 Å². The number of fused-ring (bicyclic) bond motifs is 2. The summed E-state index contributed by atoms with van der Waals surface area (Å²) in [4.78, 5) is 29.7. The number of nitriles is 2. The number of hydrogen-bond acceptors (Lipinski definition) is 8. The van der Waals surface area contributed by atoms with E-state index >= 15 is 0 Å². The summed E-state index contributed by atoms with van der Waals surface area (Å²) in [5, 5.41) is 38.4. The van der Waals surface area contributed by atoms with Gasteiger partial charge in [0.15, 0.2) is 12.4 Å². The van der Waals surface area contributed by atoms with E-state index in [1.54, 1.807) is 23.8 Å². The minimum Gasteiger partial charge on any atom is -0.508 e. The number of carbonyl (C=O) groups excluding carboxylic acids is 2. The molecule has 76 heavy (non-hydrogen) atoms. The maximum absolute atomic E-state index is 12.2. The SMILES string of the molecule is CCCCCC(=O)N(C#N)CCCCCCCCCC1c2ccc(C)cc2SCC1(C)c1ccc(C)cc1.CCCCCC(=O)N(C#N)CCCCCCCCCC1c2ccc(O)cc2SCC1(C)c1ccc(O)cc1. The van der Waals surface area contributed by atoms with E-state index in [2.05, 4.69) is 115 Å². The highest BCUT2D eigenvalue weighted by atomic mass is 32.2. The molecule has 2 heterocycles. The van der Waals surface area contributed by atoms with Crippen molar-refractivity contribution in [2.75, 3.05) is 24.6 Å². The number of aromatic hydroxyl groups is 2. The van der Waals surface area contributed by atoms with Gasteiger partial charge in [0.2, 0.25) is 11.8 Å². The standard InChI is InChI=1S/C34H48N2OS.C32H44N2O3S/c1-5-6-12-16-33(37)36(26-35)23-14-11-9-7-8-10-13-15-31-30-22-19-28(3)24-32(30)38-25-34(31,4)29-20-17-27(2)18-21-29;1-3-4-10-14-31(37)34(24-33)21-12-9-7-5-6-8-11-13-29-28-20-19-27(36)22-30(28)38-23-32(29,2)25-15-17-26(35)18-16-25/h17-22,24,31H,5-16,23,25H2,1-4H3;15-20,22,29,35-36H,3-14,21,23H2,1-2H3. The van der Waals surface area contributed by atoms with Gasteiger partial charge in [-0.25, -0.2) is 9.80 Å². The molecule has 0 radical (unpaired) electrons. The Morgan fingerprint density at radius 3 is 1.34 bits per heavy atom. The van der Waals surface area contributed by atoms with Gasteiger partial charge in [0.05, 0.1) is 0 Å². The molecule has 412 valence electrons. The number of nitrogens with zero attached hydrogens (tertiary/aromatic N) is 4. The Balaban J connectivity index is 0.000000281. The van der Waals surface area contributed by atoms with Crippen molar-refractivity contribution >= 4 is 35.3 Å². The maximum atomic E-state index is 12.2. The monoisotopic (exact) mass is 1070 g/mol. The maximum Gasteiger partial charge on any atom is 0.235 e. The molecule has 4 aromatic rings. The molecular weight excluding hydrogens is 977 g/mol.